The fourth-order valence-corrected chi connectivity index (χ4v) is 2.45. The lowest BCUT2D eigenvalue weighted by molar-refractivity contribution is 0.0912. The molecule has 0 heterocycles. The van der Waals surface area contributed by atoms with Gasteiger partial charge in [-0.05, 0) is 55.2 Å². The van der Waals surface area contributed by atoms with E-state index in [4.69, 9.17) is 10.5 Å². The number of nitrogens with one attached hydrogen (secondary N) is 1. The maximum Gasteiger partial charge on any atom is 0.251 e. The van der Waals surface area contributed by atoms with E-state index in [1.807, 2.05) is 50.2 Å². The van der Waals surface area contributed by atoms with Crippen molar-refractivity contribution in [2.75, 3.05) is 6.61 Å². The highest BCUT2D eigenvalue weighted by atomic mass is 35.5. The number of carbonyl (C=O) groups is 1. The van der Waals surface area contributed by atoms with Crippen molar-refractivity contribution in [3.8, 4) is 5.75 Å². The van der Waals surface area contributed by atoms with E-state index in [1.165, 1.54) is 0 Å². The van der Waals surface area contributed by atoms with Crippen LogP contribution in [0.15, 0.2) is 48.5 Å². The predicted octanol–water partition coefficient (Wildman–Crippen LogP) is 4.27. The number of amides is 1. The van der Waals surface area contributed by atoms with Crippen molar-refractivity contribution in [3.05, 3.63) is 65.2 Å². The minimum Gasteiger partial charge on any atom is -0.493 e. The minimum absolute atomic E-state index is 0. The third-order valence-corrected chi connectivity index (χ3v) is 4.04. The second-order valence-corrected chi connectivity index (χ2v) is 7.21. The lowest BCUT2D eigenvalue weighted by atomic mass is 9.93. The Bertz CT molecular complexity index is 695. The lowest BCUT2D eigenvalue weighted by Crippen LogP contribution is -2.40. The van der Waals surface area contributed by atoms with Crippen LogP contribution in [0.25, 0.3) is 0 Å². The van der Waals surface area contributed by atoms with Gasteiger partial charge < -0.3 is 15.8 Å². The number of benzene rings is 2. The normalized spacial score (nSPS) is 11.0. The molecule has 2 aromatic rings. The molecular formula is C21H29ClN2O2. The van der Waals surface area contributed by atoms with Gasteiger partial charge in [0, 0.05) is 12.1 Å². The van der Waals surface area contributed by atoms with Crippen LogP contribution in [0.3, 0.4) is 0 Å². The zero-order valence-corrected chi connectivity index (χ0v) is 16.7. The molecule has 0 radical (unpaired) electrons. The molecule has 0 unspecified atom stereocenters. The smallest absolute Gasteiger partial charge is 0.251 e. The molecule has 0 atom stereocenters. The van der Waals surface area contributed by atoms with Crippen LogP contribution < -0.4 is 15.8 Å². The van der Waals surface area contributed by atoms with Crippen LogP contribution in [-0.2, 0) is 12.1 Å². The number of rotatable bonds is 7. The van der Waals surface area contributed by atoms with Crippen molar-refractivity contribution in [2.45, 2.75) is 39.8 Å². The van der Waals surface area contributed by atoms with Gasteiger partial charge in [-0.1, -0.05) is 38.1 Å². The summed E-state index contributed by atoms with van der Waals surface area (Å²) in [6.45, 7) is 9.38. The van der Waals surface area contributed by atoms with Crippen LogP contribution in [0.2, 0.25) is 0 Å². The van der Waals surface area contributed by atoms with Crippen molar-refractivity contribution in [2.24, 2.45) is 11.7 Å². The SMILES string of the molecule is CC(C)COc1ccc(C(C)(C)NC(=O)c2ccc(CN)cc2)cc1.Cl. The van der Waals surface area contributed by atoms with Gasteiger partial charge in [0.1, 0.15) is 5.75 Å². The largest absolute Gasteiger partial charge is 0.493 e. The summed E-state index contributed by atoms with van der Waals surface area (Å²) in [4.78, 5) is 12.5. The number of halogens is 1. The maximum absolute atomic E-state index is 12.5. The zero-order valence-electron chi connectivity index (χ0n) is 15.9. The van der Waals surface area contributed by atoms with Crippen LogP contribution in [0.4, 0.5) is 0 Å². The Kier molecular flexibility index (Phi) is 8.12. The van der Waals surface area contributed by atoms with Gasteiger partial charge >= 0.3 is 0 Å². The summed E-state index contributed by atoms with van der Waals surface area (Å²) < 4.78 is 5.71. The van der Waals surface area contributed by atoms with E-state index in [0.717, 1.165) is 16.9 Å². The van der Waals surface area contributed by atoms with Crippen molar-refractivity contribution >= 4 is 18.3 Å². The lowest BCUT2D eigenvalue weighted by Gasteiger charge is -2.27. The third-order valence-electron chi connectivity index (χ3n) is 4.04. The molecule has 0 saturated heterocycles. The summed E-state index contributed by atoms with van der Waals surface area (Å²) >= 11 is 0. The van der Waals surface area contributed by atoms with Gasteiger partial charge in [-0.2, -0.15) is 0 Å². The highest BCUT2D eigenvalue weighted by Crippen LogP contribution is 2.23. The van der Waals surface area contributed by atoms with E-state index >= 15 is 0 Å². The molecule has 4 nitrogen and oxygen atoms in total. The Balaban J connectivity index is 0.00000338. The Labute approximate surface area is 162 Å². The molecule has 2 aromatic carbocycles. The van der Waals surface area contributed by atoms with E-state index in [2.05, 4.69) is 19.2 Å². The summed E-state index contributed by atoms with van der Waals surface area (Å²) in [6, 6.07) is 15.2. The Morgan fingerprint density at radius 1 is 1.08 bits per heavy atom. The summed E-state index contributed by atoms with van der Waals surface area (Å²) in [5.41, 5.74) is 7.77. The molecule has 0 spiro atoms. The second-order valence-electron chi connectivity index (χ2n) is 7.21. The van der Waals surface area contributed by atoms with Gasteiger partial charge in [0.2, 0.25) is 0 Å². The molecule has 0 aliphatic heterocycles. The Hall–Kier alpha value is -2.04. The zero-order chi connectivity index (χ0) is 18.4. The number of hydrogen-bond donors (Lipinski definition) is 2. The molecule has 26 heavy (non-hydrogen) atoms. The number of carbonyl (C=O) groups excluding carboxylic acids is 1. The molecule has 3 N–H and O–H groups in total. The first-order chi connectivity index (χ1) is 11.8. The van der Waals surface area contributed by atoms with E-state index in [9.17, 15) is 4.79 Å². The average molecular weight is 377 g/mol. The highest BCUT2D eigenvalue weighted by molar-refractivity contribution is 5.94. The number of nitrogens with two attached hydrogens (primary N) is 1. The third kappa shape index (κ3) is 6.04. The van der Waals surface area contributed by atoms with Crippen LogP contribution in [0, 0.1) is 5.92 Å². The van der Waals surface area contributed by atoms with Gasteiger partial charge in [-0.3, -0.25) is 4.79 Å². The van der Waals surface area contributed by atoms with Crippen LogP contribution in [0.5, 0.6) is 5.75 Å². The average Bonchev–Trinajstić information content (AvgIpc) is 2.60. The summed E-state index contributed by atoms with van der Waals surface area (Å²) in [6.07, 6.45) is 0. The predicted molar refractivity (Wildman–Crippen MR) is 109 cm³/mol. The van der Waals surface area contributed by atoms with Crippen molar-refractivity contribution in [1.82, 2.24) is 5.32 Å². The van der Waals surface area contributed by atoms with Gasteiger partial charge in [0.15, 0.2) is 0 Å². The second kappa shape index (κ2) is 9.60. The van der Waals surface area contributed by atoms with Gasteiger partial charge in [-0.25, -0.2) is 0 Å². The van der Waals surface area contributed by atoms with Crippen LogP contribution in [0.1, 0.15) is 49.2 Å². The molecule has 0 aromatic heterocycles. The molecule has 2 rings (SSSR count). The number of ether oxygens (including phenoxy) is 1. The molecule has 5 heteroatoms. The van der Waals surface area contributed by atoms with E-state index in [1.54, 1.807) is 12.1 Å². The number of hydrogen-bond acceptors (Lipinski definition) is 3. The molecule has 0 bridgehead atoms. The van der Waals surface area contributed by atoms with Crippen molar-refractivity contribution < 1.29 is 9.53 Å². The summed E-state index contributed by atoms with van der Waals surface area (Å²) in [5, 5.41) is 3.09. The van der Waals surface area contributed by atoms with Gasteiger partial charge in [0.05, 0.1) is 12.1 Å². The molecule has 0 aliphatic rings. The Morgan fingerprint density at radius 2 is 1.65 bits per heavy atom. The van der Waals surface area contributed by atoms with E-state index in [0.29, 0.717) is 24.6 Å². The first-order valence-electron chi connectivity index (χ1n) is 8.66. The van der Waals surface area contributed by atoms with Gasteiger partial charge in [0.25, 0.3) is 5.91 Å². The van der Waals surface area contributed by atoms with E-state index in [-0.39, 0.29) is 18.3 Å². The molecule has 142 valence electrons. The fraction of sp³-hybridized carbons (Fsp3) is 0.381. The monoisotopic (exact) mass is 376 g/mol. The highest BCUT2D eigenvalue weighted by Gasteiger charge is 2.23. The fourth-order valence-electron chi connectivity index (χ4n) is 2.45. The quantitative estimate of drug-likeness (QED) is 0.758. The van der Waals surface area contributed by atoms with Crippen molar-refractivity contribution in [3.63, 3.8) is 0 Å². The van der Waals surface area contributed by atoms with Gasteiger partial charge in [-0.15, -0.1) is 12.4 Å². The first-order valence-corrected chi connectivity index (χ1v) is 8.66. The Morgan fingerprint density at radius 3 is 2.15 bits per heavy atom. The molecule has 0 fully saturated rings. The van der Waals surface area contributed by atoms with Crippen LogP contribution in [-0.4, -0.2) is 12.5 Å². The standard InChI is InChI=1S/C21H28N2O2.ClH/c1-15(2)14-25-19-11-9-18(10-12-19)21(3,4)23-20(24)17-7-5-16(13-22)6-8-17;/h5-12,15H,13-14,22H2,1-4H3,(H,23,24);1H. The molecule has 1 amide bonds. The molecular weight excluding hydrogens is 348 g/mol. The summed E-state index contributed by atoms with van der Waals surface area (Å²) in [5.74, 6) is 1.23. The van der Waals surface area contributed by atoms with E-state index < -0.39 is 5.54 Å². The first kappa shape index (κ1) is 22.0. The molecule has 0 saturated carbocycles. The summed E-state index contributed by atoms with van der Waals surface area (Å²) in [7, 11) is 0. The van der Waals surface area contributed by atoms with Crippen LogP contribution >= 0.6 is 12.4 Å². The topological polar surface area (TPSA) is 64.3 Å². The maximum atomic E-state index is 12.5. The molecule has 0 aliphatic carbocycles. The minimum atomic E-state index is -0.486. The van der Waals surface area contributed by atoms with Crippen molar-refractivity contribution in [1.29, 1.82) is 0 Å².